The van der Waals surface area contributed by atoms with Gasteiger partial charge >= 0.3 is 5.97 Å². The van der Waals surface area contributed by atoms with Gasteiger partial charge in [-0.2, -0.15) is 0 Å². The van der Waals surface area contributed by atoms with E-state index in [0.717, 1.165) is 0 Å². The van der Waals surface area contributed by atoms with Gasteiger partial charge in [0.2, 0.25) is 5.91 Å². The second-order valence-corrected chi connectivity index (χ2v) is 5.92. The Labute approximate surface area is 143 Å². The zero-order valence-corrected chi connectivity index (χ0v) is 13.7. The Morgan fingerprint density at radius 1 is 1.12 bits per heavy atom. The number of carbonyl (C=O) groups excluding carboxylic acids is 1. The van der Waals surface area contributed by atoms with Crippen LogP contribution >= 0.6 is 11.6 Å². The van der Waals surface area contributed by atoms with Crippen LogP contribution in [0.15, 0.2) is 24.3 Å². The molecule has 24 heavy (non-hydrogen) atoms. The number of ether oxygens (including phenoxy) is 3. The summed E-state index contributed by atoms with van der Waals surface area (Å²) in [6.45, 7) is 0. The molecule has 0 radical (unpaired) electrons. The first-order valence-electron chi connectivity index (χ1n) is 7.25. The molecule has 2 bridgehead atoms. The molecule has 1 aromatic carbocycles. The Bertz CT molecular complexity index is 719. The first kappa shape index (κ1) is 16.6. The van der Waals surface area contributed by atoms with Crippen molar-refractivity contribution >= 4 is 29.2 Å². The van der Waals surface area contributed by atoms with E-state index in [0.29, 0.717) is 22.2 Å². The molecular formula is C16H16ClNO6. The maximum atomic E-state index is 12.7. The van der Waals surface area contributed by atoms with E-state index in [1.807, 2.05) is 0 Å². The van der Waals surface area contributed by atoms with E-state index >= 15 is 0 Å². The van der Waals surface area contributed by atoms with Crippen LogP contribution in [0.4, 0.5) is 5.69 Å². The number of aliphatic carboxylic acids is 1. The molecule has 2 aliphatic rings. The number of carboxylic acid groups (broad SMARTS) is 1. The van der Waals surface area contributed by atoms with Gasteiger partial charge in [-0.1, -0.05) is 23.8 Å². The van der Waals surface area contributed by atoms with E-state index in [4.69, 9.17) is 25.8 Å². The fourth-order valence-electron chi connectivity index (χ4n) is 3.09. The molecule has 1 fully saturated rings. The molecule has 0 spiro atoms. The van der Waals surface area contributed by atoms with Crippen LogP contribution in [0, 0.1) is 11.8 Å². The van der Waals surface area contributed by atoms with Crippen LogP contribution in [-0.2, 0) is 14.3 Å². The van der Waals surface area contributed by atoms with Gasteiger partial charge < -0.3 is 24.6 Å². The lowest BCUT2D eigenvalue weighted by atomic mass is 9.82. The Hall–Kier alpha value is -2.25. The normalized spacial score (nSPS) is 27.1. The van der Waals surface area contributed by atoms with Crippen molar-refractivity contribution in [2.45, 2.75) is 12.2 Å². The van der Waals surface area contributed by atoms with Crippen molar-refractivity contribution in [2.24, 2.45) is 11.8 Å². The number of carbonyl (C=O) groups is 2. The lowest BCUT2D eigenvalue weighted by molar-refractivity contribution is -0.145. The number of carboxylic acids is 1. The average Bonchev–Trinajstić information content (AvgIpc) is 3.16. The Morgan fingerprint density at radius 3 is 2.33 bits per heavy atom. The number of amides is 1. The lowest BCUT2D eigenvalue weighted by Gasteiger charge is -2.22. The molecule has 1 saturated heterocycles. The molecular weight excluding hydrogens is 338 g/mol. The first-order chi connectivity index (χ1) is 11.5. The quantitative estimate of drug-likeness (QED) is 0.786. The SMILES string of the molecule is COc1cc(NC(=O)[C@H]2[C@@H](C(=O)O)[C@H]3C=C[C@H]2O3)c(OC)cc1Cl. The summed E-state index contributed by atoms with van der Waals surface area (Å²) in [7, 11) is 2.89. The van der Waals surface area contributed by atoms with E-state index in [1.54, 1.807) is 12.2 Å². The van der Waals surface area contributed by atoms with Crippen molar-refractivity contribution in [1.29, 1.82) is 0 Å². The number of rotatable bonds is 5. The zero-order chi connectivity index (χ0) is 17.4. The summed E-state index contributed by atoms with van der Waals surface area (Å²) in [6, 6.07) is 3.04. The van der Waals surface area contributed by atoms with Crippen molar-refractivity contribution in [3.05, 3.63) is 29.3 Å². The molecule has 2 N–H and O–H groups in total. The minimum atomic E-state index is -1.06. The Kier molecular flexibility index (Phi) is 4.38. The number of anilines is 1. The van der Waals surface area contributed by atoms with Crippen molar-refractivity contribution in [3.8, 4) is 11.5 Å². The molecule has 0 aromatic heterocycles. The third-order valence-corrected chi connectivity index (χ3v) is 4.51. The number of halogens is 1. The minimum absolute atomic E-state index is 0.335. The smallest absolute Gasteiger partial charge is 0.310 e. The van der Waals surface area contributed by atoms with Crippen molar-refractivity contribution in [3.63, 3.8) is 0 Å². The highest BCUT2D eigenvalue weighted by molar-refractivity contribution is 6.32. The molecule has 1 amide bonds. The maximum absolute atomic E-state index is 12.7. The minimum Gasteiger partial charge on any atom is -0.495 e. The molecule has 1 aromatic rings. The molecule has 4 atom stereocenters. The molecule has 7 nitrogen and oxygen atoms in total. The third kappa shape index (κ3) is 2.70. The molecule has 128 valence electrons. The molecule has 2 aliphatic heterocycles. The van der Waals surface area contributed by atoms with Gasteiger partial charge in [0.25, 0.3) is 0 Å². The molecule has 0 saturated carbocycles. The van der Waals surface area contributed by atoms with Crippen molar-refractivity contribution in [2.75, 3.05) is 19.5 Å². The summed E-state index contributed by atoms with van der Waals surface area (Å²) in [5, 5.41) is 12.4. The topological polar surface area (TPSA) is 94.1 Å². The monoisotopic (exact) mass is 353 g/mol. The molecule has 2 heterocycles. The van der Waals surface area contributed by atoms with Gasteiger partial charge in [-0.25, -0.2) is 0 Å². The number of methoxy groups -OCH3 is 2. The predicted octanol–water partition coefficient (Wildman–Crippen LogP) is 1.95. The summed E-state index contributed by atoms with van der Waals surface area (Å²) in [6.07, 6.45) is 2.27. The molecule has 0 aliphatic carbocycles. The van der Waals surface area contributed by atoms with Gasteiger partial charge in [-0.15, -0.1) is 0 Å². The summed E-state index contributed by atoms with van der Waals surface area (Å²) in [5.74, 6) is -2.54. The van der Waals surface area contributed by atoms with Crippen LogP contribution in [-0.4, -0.2) is 43.4 Å². The molecule has 0 unspecified atom stereocenters. The standard InChI is InChI=1S/C16H16ClNO6/c1-22-11-6-8(12(23-2)5-7(11)17)18-15(19)13-9-3-4-10(24-9)14(13)16(20)21/h3-6,9-10,13-14H,1-2H3,(H,18,19)(H,20,21)/t9-,10-,13-,14+/m1/s1. The van der Waals surface area contributed by atoms with Gasteiger partial charge in [-0.3, -0.25) is 9.59 Å². The summed E-state index contributed by atoms with van der Waals surface area (Å²) < 4.78 is 15.8. The highest BCUT2D eigenvalue weighted by atomic mass is 35.5. The van der Waals surface area contributed by atoms with Gasteiger partial charge in [0.15, 0.2) is 0 Å². The number of nitrogens with one attached hydrogen (secondary N) is 1. The fourth-order valence-corrected chi connectivity index (χ4v) is 3.32. The van der Waals surface area contributed by atoms with Crippen LogP contribution in [0.5, 0.6) is 11.5 Å². The highest BCUT2D eigenvalue weighted by Gasteiger charge is 2.53. The number of hydrogen-bond acceptors (Lipinski definition) is 5. The third-order valence-electron chi connectivity index (χ3n) is 4.22. The Balaban J connectivity index is 1.87. The van der Waals surface area contributed by atoms with Gasteiger partial charge in [0.05, 0.1) is 43.1 Å². The average molecular weight is 354 g/mol. The van der Waals surface area contributed by atoms with Crippen LogP contribution in [0.2, 0.25) is 5.02 Å². The highest BCUT2D eigenvalue weighted by Crippen LogP contribution is 2.41. The van der Waals surface area contributed by atoms with Gasteiger partial charge in [0.1, 0.15) is 17.4 Å². The number of hydrogen-bond donors (Lipinski definition) is 2. The van der Waals surface area contributed by atoms with E-state index < -0.39 is 35.9 Å². The van der Waals surface area contributed by atoms with Crippen molar-refractivity contribution in [1.82, 2.24) is 0 Å². The van der Waals surface area contributed by atoms with E-state index in [2.05, 4.69) is 5.32 Å². The summed E-state index contributed by atoms with van der Waals surface area (Å²) in [5.41, 5.74) is 0.347. The fraction of sp³-hybridized carbons (Fsp3) is 0.375. The second-order valence-electron chi connectivity index (χ2n) is 5.52. The largest absolute Gasteiger partial charge is 0.495 e. The molecule has 3 rings (SSSR count). The predicted molar refractivity (Wildman–Crippen MR) is 85.6 cm³/mol. The lowest BCUT2D eigenvalue weighted by Crippen LogP contribution is -2.39. The van der Waals surface area contributed by atoms with Gasteiger partial charge in [-0.05, 0) is 0 Å². The van der Waals surface area contributed by atoms with E-state index in [1.165, 1.54) is 26.4 Å². The van der Waals surface area contributed by atoms with Crippen LogP contribution in [0.25, 0.3) is 0 Å². The van der Waals surface area contributed by atoms with E-state index in [-0.39, 0.29) is 0 Å². The van der Waals surface area contributed by atoms with Crippen LogP contribution in [0.3, 0.4) is 0 Å². The zero-order valence-electron chi connectivity index (χ0n) is 13.0. The summed E-state index contributed by atoms with van der Waals surface area (Å²) in [4.78, 5) is 24.1. The Morgan fingerprint density at radius 2 is 1.75 bits per heavy atom. The van der Waals surface area contributed by atoms with Crippen LogP contribution < -0.4 is 14.8 Å². The van der Waals surface area contributed by atoms with Crippen LogP contribution in [0.1, 0.15) is 0 Å². The first-order valence-corrected chi connectivity index (χ1v) is 7.63. The van der Waals surface area contributed by atoms with E-state index in [9.17, 15) is 14.7 Å². The second kappa shape index (κ2) is 6.33. The number of benzene rings is 1. The maximum Gasteiger partial charge on any atom is 0.310 e. The summed E-state index contributed by atoms with van der Waals surface area (Å²) >= 11 is 6.04. The number of fused-ring (bicyclic) bond motifs is 2. The molecule has 8 heteroatoms. The van der Waals surface area contributed by atoms with Crippen molar-refractivity contribution < 1.29 is 28.9 Å². The van der Waals surface area contributed by atoms with Gasteiger partial charge in [0, 0.05) is 12.1 Å².